The molecule has 0 saturated carbocycles. The van der Waals surface area contributed by atoms with Crippen LogP contribution in [0.1, 0.15) is 25.0 Å². The van der Waals surface area contributed by atoms with Gasteiger partial charge in [-0.05, 0) is 43.5 Å². The monoisotopic (exact) mass is 225 g/mol. The molecule has 1 nitrogen and oxygen atoms in total. The summed E-state index contributed by atoms with van der Waals surface area (Å²) in [6.07, 6.45) is 0.994. The normalized spacial score (nSPS) is 10.5. The van der Waals surface area contributed by atoms with E-state index in [1.54, 1.807) is 0 Å². The quantitative estimate of drug-likeness (QED) is 0.826. The fourth-order valence-corrected chi connectivity index (χ4v) is 1.94. The molecule has 0 atom stereocenters. The summed E-state index contributed by atoms with van der Waals surface area (Å²) in [5, 5.41) is 3.43. The summed E-state index contributed by atoms with van der Waals surface area (Å²) in [6, 6.07) is 19.7. The van der Waals surface area contributed by atoms with Crippen LogP contribution >= 0.6 is 0 Å². The molecule has 0 saturated heterocycles. The van der Waals surface area contributed by atoms with E-state index >= 15 is 0 Å². The minimum Gasteiger partial charge on any atom is -0.383 e. The first-order chi connectivity index (χ1) is 8.24. The highest BCUT2D eigenvalue weighted by atomic mass is 14.9. The third kappa shape index (κ3) is 3.63. The molecule has 0 aliphatic heterocycles. The molecule has 0 spiro atoms. The van der Waals surface area contributed by atoms with Gasteiger partial charge in [-0.1, -0.05) is 42.5 Å². The Kier molecular flexibility index (Phi) is 3.81. The number of anilines is 1. The predicted molar refractivity (Wildman–Crippen MR) is 74.4 cm³/mol. The van der Waals surface area contributed by atoms with E-state index in [4.69, 9.17) is 0 Å². The fraction of sp³-hybridized carbons (Fsp3) is 0.250. The average Bonchev–Trinajstić information content (AvgIpc) is 2.30. The van der Waals surface area contributed by atoms with Crippen molar-refractivity contribution in [2.24, 2.45) is 0 Å². The van der Waals surface area contributed by atoms with Crippen molar-refractivity contribution >= 4 is 5.69 Å². The number of rotatable bonds is 4. The summed E-state index contributed by atoms with van der Waals surface area (Å²) in [5.41, 5.74) is 3.91. The molecule has 17 heavy (non-hydrogen) atoms. The number of hydrogen-bond donors (Lipinski definition) is 1. The van der Waals surface area contributed by atoms with E-state index in [-0.39, 0.29) is 0 Å². The van der Waals surface area contributed by atoms with Crippen molar-refractivity contribution in [3.63, 3.8) is 0 Å². The molecule has 2 rings (SSSR count). The smallest absolute Gasteiger partial charge is 0.0344 e. The van der Waals surface area contributed by atoms with E-state index in [1.807, 2.05) is 0 Å². The molecule has 2 aromatic carbocycles. The van der Waals surface area contributed by atoms with Crippen LogP contribution in [0.25, 0.3) is 0 Å². The lowest BCUT2D eigenvalue weighted by Gasteiger charge is -2.11. The van der Waals surface area contributed by atoms with Crippen molar-refractivity contribution in [2.45, 2.75) is 26.3 Å². The van der Waals surface area contributed by atoms with Gasteiger partial charge in [-0.2, -0.15) is 0 Å². The highest BCUT2D eigenvalue weighted by molar-refractivity contribution is 5.47. The molecular formula is C16H19N. The van der Waals surface area contributed by atoms with Crippen LogP contribution in [0.3, 0.4) is 0 Å². The van der Waals surface area contributed by atoms with Gasteiger partial charge in [-0.3, -0.25) is 0 Å². The van der Waals surface area contributed by atoms with Gasteiger partial charge in [0.15, 0.2) is 0 Å². The zero-order chi connectivity index (χ0) is 12.1. The highest BCUT2D eigenvalue weighted by Gasteiger charge is 1.99. The molecule has 0 aliphatic rings. The zero-order valence-electron chi connectivity index (χ0n) is 10.5. The van der Waals surface area contributed by atoms with Crippen molar-refractivity contribution in [1.29, 1.82) is 0 Å². The minimum absolute atomic E-state index is 0.474. The van der Waals surface area contributed by atoms with Crippen molar-refractivity contribution in [3.05, 3.63) is 65.7 Å². The predicted octanol–water partition coefficient (Wildman–Crippen LogP) is 4.10. The Morgan fingerprint density at radius 2 is 1.59 bits per heavy atom. The first kappa shape index (κ1) is 11.7. The maximum Gasteiger partial charge on any atom is 0.0344 e. The standard InChI is InChI=1S/C16H19N/c1-13(2)17-16-10-6-9-15(12-16)11-14-7-4-3-5-8-14/h3-10,12-13,17H,11H2,1-2H3. The Labute approximate surface area is 103 Å². The van der Waals surface area contributed by atoms with Crippen LogP contribution in [0, 0.1) is 0 Å². The van der Waals surface area contributed by atoms with Crippen LogP contribution in [0.15, 0.2) is 54.6 Å². The first-order valence-corrected chi connectivity index (χ1v) is 6.13. The summed E-state index contributed by atoms with van der Waals surface area (Å²) >= 11 is 0. The topological polar surface area (TPSA) is 12.0 Å². The Bertz CT molecular complexity index is 460. The third-order valence-electron chi connectivity index (χ3n) is 2.63. The highest BCUT2D eigenvalue weighted by Crippen LogP contribution is 2.15. The van der Waals surface area contributed by atoms with Crippen molar-refractivity contribution in [1.82, 2.24) is 0 Å². The third-order valence-corrected chi connectivity index (χ3v) is 2.63. The molecule has 0 heterocycles. The molecule has 0 amide bonds. The van der Waals surface area contributed by atoms with Crippen molar-refractivity contribution in [2.75, 3.05) is 5.32 Å². The molecule has 1 N–H and O–H groups in total. The fourth-order valence-electron chi connectivity index (χ4n) is 1.94. The lowest BCUT2D eigenvalue weighted by Crippen LogP contribution is -2.09. The molecule has 0 radical (unpaired) electrons. The van der Waals surface area contributed by atoms with Gasteiger partial charge >= 0.3 is 0 Å². The summed E-state index contributed by atoms with van der Waals surface area (Å²) in [7, 11) is 0. The largest absolute Gasteiger partial charge is 0.383 e. The molecule has 2 aromatic rings. The van der Waals surface area contributed by atoms with E-state index in [1.165, 1.54) is 16.8 Å². The second-order valence-corrected chi connectivity index (χ2v) is 4.66. The molecule has 88 valence electrons. The number of hydrogen-bond acceptors (Lipinski definition) is 1. The lowest BCUT2D eigenvalue weighted by atomic mass is 10.0. The molecule has 0 bridgehead atoms. The second-order valence-electron chi connectivity index (χ2n) is 4.66. The Morgan fingerprint density at radius 1 is 0.882 bits per heavy atom. The van der Waals surface area contributed by atoms with Crippen LogP contribution in [0.2, 0.25) is 0 Å². The SMILES string of the molecule is CC(C)Nc1cccc(Cc2ccccc2)c1. The Hall–Kier alpha value is -1.76. The van der Waals surface area contributed by atoms with Gasteiger partial charge in [0.25, 0.3) is 0 Å². The van der Waals surface area contributed by atoms with Gasteiger partial charge in [0.1, 0.15) is 0 Å². The molecule has 0 fully saturated rings. The maximum atomic E-state index is 3.43. The summed E-state index contributed by atoms with van der Waals surface area (Å²) in [4.78, 5) is 0. The van der Waals surface area contributed by atoms with E-state index in [0.717, 1.165) is 6.42 Å². The number of benzene rings is 2. The molecule has 0 aliphatic carbocycles. The molecule has 1 heteroatoms. The van der Waals surface area contributed by atoms with Gasteiger partial charge in [-0.25, -0.2) is 0 Å². The Balaban J connectivity index is 2.11. The number of nitrogens with one attached hydrogen (secondary N) is 1. The summed E-state index contributed by atoms with van der Waals surface area (Å²) in [6.45, 7) is 4.31. The molecular weight excluding hydrogens is 206 g/mol. The molecule has 0 unspecified atom stereocenters. The average molecular weight is 225 g/mol. The van der Waals surface area contributed by atoms with Gasteiger partial charge in [0, 0.05) is 11.7 Å². The minimum atomic E-state index is 0.474. The zero-order valence-corrected chi connectivity index (χ0v) is 10.5. The maximum absolute atomic E-state index is 3.43. The van der Waals surface area contributed by atoms with Gasteiger partial charge in [0.05, 0.1) is 0 Å². The first-order valence-electron chi connectivity index (χ1n) is 6.13. The van der Waals surface area contributed by atoms with Crippen molar-refractivity contribution in [3.8, 4) is 0 Å². The Morgan fingerprint density at radius 3 is 2.29 bits per heavy atom. The second kappa shape index (κ2) is 5.53. The van der Waals surface area contributed by atoms with Crippen molar-refractivity contribution < 1.29 is 0 Å². The van der Waals surface area contributed by atoms with E-state index in [2.05, 4.69) is 73.8 Å². The van der Waals surface area contributed by atoms with E-state index < -0.39 is 0 Å². The van der Waals surface area contributed by atoms with Crippen LogP contribution in [0.5, 0.6) is 0 Å². The summed E-state index contributed by atoms with van der Waals surface area (Å²) in [5.74, 6) is 0. The van der Waals surface area contributed by atoms with Crippen LogP contribution in [-0.4, -0.2) is 6.04 Å². The lowest BCUT2D eigenvalue weighted by molar-refractivity contribution is 0.899. The van der Waals surface area contributed by atoms with E-state index in [0.29, 0.717) is 6.04 Å². The van der Waals surface area contributed by atoms with E-state index in [9.17, 15) is 0 Å². The van der Waals surface area contributed by atoms with Gasteiger partial charge < -0.3 is 5.32 Å². The van der Waals surface area contributed by atoms with Crippen LogP contribution < -0.4 is 5.32 Å². The van der Waals surface area contributed by atoms with Gasteiger partial charge in [-0.15, -0.1) is 0 Å². The van der Waals surface area contributed by atoms with Gasteiger partial charge in [0.2, 0.25) is 0 Å². The van der Waals surface area contributed by atoms with Crippen LogP contribution in [-0.2, 0) is 6.42 Å². The summed E-state index contributed by atoms with van der Waals surface area (Å²) < 4.78 is 0. The van der Waals surface area contributed by atoms with Crippen LogP contribution in [0.4, 0.5) is 5.69 Å². The molecule has 0 aromatic heterocycles.